The van der Waals surface area contributed by atoms with Crippen LogP contribution in [0.15, 0.2) is 5.11 Å². The van der Waals surface area contributed by atoms with E-state index in [9.17, 15) is 24.7 Å². The number of hydrogen-bond acceptors (Lipinski definition) is 14. The van der Waals surface area contributed by atoms with Crippen LogP contribution in [0.25, 0.3) is 10.4 Å². The summed E-state index contributed by atoms with van der Waals surface area (Å²) >= 11 is 0. The summed E-state index contributed by atoms with van der Waals surface area (Å²) in [5.74, 6) is -3.98. The molecule has 0 aromatic heterocycles. The average molecular weight is 529 g/mol. The van der Waals surface area contributed by atoms with E-state index in [0.717, 1.165) is 20.8 Å². The summed E-state index contributed by atoms with van der Waals surface area (Å²) in [6.07, 6.45) is -10.2. The van der Waals surface area contributed by atoms with Crippen LogP contribution in [-0.2, 0) is 61.8 Å². The van der Waals surface area contributed by atoms with Crippen LogP contribution in [0.2, 0.25) is 0 Å². The van der Waals surface area contributed by atoms with Gasteiger partial charge in [-0.05, 0) is 19.4 Å². The number of ether oxygens (including phenoxy) is 9. The second-order valence-corrected chi connectivity index (χ2v) is 9.22. The molecule has 16 heteroatoms. The highest BCUT2D eigenvalue weighted by molar-refractivity contribution is 5.78. The highest BCUT2D eigenvalue weighted by atomic mass is 16.9. The Labute approximate surface area is 210 Å². The first-order valence-electron chi connectivity index (χ1n) is 11.4. The molecule has 0 amide bonds. The monoisotopic (exact) mass is 529 g/mol. The molecule has 0 spiro atoms. The normalized spacial score (nSPS) is 39.5. The third-order valence-electron chi connectivity index (χ3n) is 5.95. The van der Waals surface area contributed by atoms with Crippen molar-refractivity contribution >= 4 is 23.9 Å². The van der Waals surface area contributed by atoms with Gasteiger partial charge in [-0.3, -0.25) is 14.4 Å². The largest absolute Gasteiger partial charge is 0.463 e. The molecular formula is C21H27N3O13. The van der Waals surface area contributed by atoms with E-state index in [1.54, 1.807) is 13.8 Å². The van der Waals surface area contributed by atoms with Gasteiger partial charge in [0.25, 0.3) is 0 Å². The van der Waals surface area contributed by atoms with Crippen LogP contribution < -0.4 is 0 Å². The molecular weight excluding hydrogens is 502 g/mol. The molecule has 0 N–H and O–H groups in total. The highest BCUT2D eigenvalue weighted by Gasteiger charge is 2.64. The number of esters is 4. The van der Waals surface area contributed by atoms with Crippen LogP contribution in [-0.4, -0.2) is 97.6 Å². The van der Waals surface area contributed by atoms with Gasteiger partial charge in [0.15, 0.2) is 48.9 Å². The van der Waals surface area contributed by atoms with E-state index in [4.69, 9.17) is 42.6 Å². The van der Waals surface area contributed by atoms with Crippen molar-refractivity contribution in [1.29, 1.82) is 0 Å². The van der Waals surface area contributed by atoms with Crippen LogP contribution in [0.5, 0.6) is 0 Å². The van der Waals surface area contributed by atoms with Crippen molar-refractivity contribution < 1.29 is 61.8 Å². The van der Waals surface area contributed by atoms with Gasteiger partial charge in [0.05, 0.1) is 0 Å². The Morgan fingerprint density at radius 2 is 1.65 bits per heavy atom. The molecule has 4 aliphatic heterocycles. The zero-order valence-electron chi connectivity index (χ0n) is 20.6. The molecule has 37 heavy (non-hydrogen) atoms. The minimum Gasteiger partial charge on any atom is -0.463 e. The Hall–Kier alpha value is -3.01. The molecule has 4 aliphatic rings. The lowest BCUT2D eigenvalue weighted by Crippen LogP contribution is -2.62. The van der Waals surface area contributed by atoms with E-state index >= 15 is 0 Å². The standard InChI is InChI=1S/C21H27N3O13/c1-7(25)29-6-10-12(30-8(2)26)13(31-9(3)27)11(23-24-22)19(32-10)35-16-14-15(33-18(16)28)17-20(34-14)37-21(4,5)36-17/h10-17,19-20H,6H2,1-5H3/t10-,11-,12+,13-,14+,15+,16+,17-,19?,20-/m1/s1. The van der Waals surface area contributed by atoms with E-state index in [1.165, 1.54) is 0 Å². The Balaban J connectivity index is 1.60. The fourth-order valence-corrected chi connectivity index (χ4v) is 4.67. The molecule has 4 heterocycles. The smallest absolute Gasteiger partial charge is 0.338 e. The lowest BCUT2D eigenvalue weighted by molar-refractivity contribution is -0.290. The predicted molar refractivity (Wildman–Crippen MR) is 113 cm³/mol. The SMILES string of the molecule is CC(=O)OC[C@H]1OC(O[C@@H]2C(=O)O[C@@H]3[C@H]4OC(C)(C)O[C@H]4O[C@@H]32)[C@H](N=[N+]=[N-])[C@@H](OC(C)=O)[C@H]1OC(C)=O. The summed E-state index contributed by atoms with van der Waals surface area (Å²) < 4.78 is 50.1. The molecule has 0 radical (unpaired) electrons. The van der Waals surface area contributed by atoms with Gasteiger partial charge >= 0.3 is 23.9 Å². The first-order chi connectivity index (χ1) is 17.4. The van der Waals surface area contributed by atoms with E-state index in [0.29, 0.717) is 0 Å². The van der Waals surface area contributed by atoms with Crippen LogP contribution >= 0.6 is 0 Å². The van der Waals surface area contributed by atoms with Crippen LogP contribution in [0.4, 0.5) is 0 Å². The van der Waals surface area contributed by atoms with E-state index in [2.05, 4.69) is 10.0 Å². The summed E-state index contributed by atoms with van der Waals surface area (Å²) in [6, 6.07) is -1.42. The molecule has 0 aliphatic carbocycles. The third-order valence-corrected chi connectivity index (χ3v) is 5.95. The first-order valence-corrected chi connectivity index (χ1v) is 11.4. The number of azide groups is 1. The lowest BCUT2D eigenvalue weighted by atomic mass is 9.96. The molecule has 0 bridgehead atoms. The fourth-order valence-electron chi connectivity index (χ4n) is 4.67. The van der Waals surface area contributed by atoms with Crippen LogP contribution in [0.1, 0.15) is 34.6 Å². The topological polar surface area (TPSA) is 200 Å². The quantitative estimate of drug-likeness (QED) is 0.140. The van der Waals surface area contributed by atoms with Gasteiger partial charge < -0.3 is 42.6 Å². The fraction of sp³-hybridized carbons (Fsp3) is 0.810. The van der Waals surface area contributed by atoms with E-state index < -0.39 is 97.6 Å². The minimum absolute atomic E-state index is 0.438. The number of carbonyl (C=O) groups excluding carboxylic acids is 4. The van der Waals surface area contributed by atoms with Crippen molar-refractivity contribution in [3.05, 3.63) is 10.4 Å². The molecule has 0 aromatic rings. The van der Waals surface area contributed by atoms with Gasteiger partial charge in [-0.1, -0.05) is 5.11 Å². The molecule has 16 nitrogen and oxygen atoms in total. The molecule has 10 atom stereocenters. The first kappa shape index (κ1) is 27.0. The Morgan fingerprint density at radius 1 is 0.973 bits per heavy atom. The summed E-state index contributed by atoms with van der Waals surface area (Å²) in [5.41, 5.74) is 9.20. The lowest BCUT2D eigenvalue weighted by Gasteiger charge is -2.43. The van der Waals surface area contributed by atoms with E-state index in [1.807, 2.05) is 0 Å². The van der Waals surface area contributed by atoms with Crippen molar-refractivity contribution in [3.8, 4) is 0 Å². The summed E-state index contributed by atoms with van der Waals surface area (Å²) in [5, 5.41) is 3.63. The summed E-state index contributed by atoms with van der Waals surface area (Å²) in [7, 11) is 0. The number of nitrogens with zero attached hydrogens (tertiary/aromatic N) is 3. The van der Waals surface area contributed by atoms with Crippen LogP contribution in [0.3, 0.4) is 0 Å². The van der Waals surface area contributed by atoms with Crippen molar-refractivity contribution in [1.82, 2.24) is 0 Å². The van der Waals surface area contributed by atoms with Crippen molar-refractivity contribution in [2.24, 2.45) is 5.11 Å². The second-order valence-electron chi connectivity index (χ2n) is 9.22. The second kappa shape index (κ2) is 10.4. The number of fused-ring (bicyclic) bond motifs is 3. The zero-order valence-corrected chi connectivity index (χ0v) is 20.6. The molecule has 204 valence electrons. The molecule has 4 fully saturated rings. The maximum Gasteiger partial charge on any atom is 0.338 e. The van der Waals surface area contributed by atoms with Crippen molar-refractivity contribution in [3.63, 3.8) is 0 Å². The summed E-state index contributed by atoms with van der Waals surface area (Å²) in [4.78, 5) is 50.6. The highest BCUT2D eigenvalue weighted by Crippen LogP contribution is 2.44. The van der Waals surface area contributed by atoms with Gasteiger partial charge in [-0.2, -0.15) is 0 Å². The number of rotatable bonds is 7. The number of hydrogen-bond donors (Lipinski definition) is 0. The maximum absolute atomic E-state index is 12.7. The van der Waals surface area contributed by atoms with Crippen LogP contribution in [0, 0.1) is 0 Å². The number of carbonyl (C=O) groups is 4. The minimum atomic E-state index is -1.54. The Bertz CT molecular complexity index is 998. The van der Waals surface area contributed by atoms with Crippen molar-refractivity contribution in [2.45, 2.75) is 102 Å². The molecule has 4 saturated heterocycles. The molecule has 0 saturated carbocycles. The third kappa shape index (κ3) is 5.63. The maximum atomic E-state index is 12.7. The van der Waals surface area contributed by atoms with Gasteiger partial charge in [0, 0.05) is 25.7 Å². The van der Waals surface area contributed by atoms with Gasteiger partial charge in [-0.15, -0.1) is 0 Å². The predicted octanol–water partition coefficient (Wildman–Crippen LogP) is 0.00370. The van der Waals surface area contributed by atoms with Gasteiger partial charge in [-0.25, -0.2) is 4.79 Å². The van der Waals surface area contributed by atoms with Gasteiger partial charge in [0.1, 0.15) is 24.9 Å². The Kier molecular flexibility index (Phi) is 7.60. The van der Waals surface area contributed by atoms with Gasteiger partial charge in [0.2, 0.25) is 0 Å². The molecule has 1 unspecified atom stereocenters. The molecule has 4 rings (SSSR count). The van der Waals surface area contributed by atoms with Crippen molar-refractivity contribution in [2.75, 3.05) is 6.61 Å². The zero-order chi connectivity index (χ0) is 27.1. The van der Waals surface area contributed by atoms with E-state index in [-0.39, 0.29) is 0 Å². The Morgan fingerprint density at radius 3 is 2.27 bits per heavy atom. The summed E-state index contributed by atoms with van der Waals surface area (Å²) in [6.45, 7) is 6.29. The molecule has 0 aromatic carbocycles. The average Bonchev–Trinajstić information content (AvgIpc) is 3.36.